The van der Waals surface area contributed by atoms with Crippen molar-refractivity contribution in [2.24, 2.45) is 0 Å². The van der Waals surface area contributed by atoms with Crippen molar-refractivity contribution >= 4 is 11.7 Å². The lowest BCUT2D eigenvalue weighted by Gasteiger charge is -2.17. The van der Waals surface area contributed by atoms with E-state index in [9.17, 15) is 9.18 Å². The van der Waals surface area contributed by atoms with E-state index >= 15 is 0 Å². The number of nitrogens with zero attached hydrogens (tertiary/aromatic N) is 2. The topological polar surface area (TPSA) is 54.5 Å². The number of benzene rings is 1. The number of urea groups is 1. The zero-order chi connectivity index (χ0) is 16.1. The van der Waals surface area contributed by atoms with E-state index < -0.39 is 0 Å². The normalized spacial score (nSPS) is 17.3. The summed E-state index contributed by atoms with van der Waals surface area (Å²) in [6.45, 7) is 1.72. The predicted molar refractivity (Wildman–Crippen MR) is 84.4 cm³/mol. The minimum Gasteiger partial charge on any atom is -0.372 e. The number of hydrogen-bond donors (Lipinski definition) is 1. The lowest BCUT2D eigenvalue weighted by atomic mass is 10.3. The molecule has 2 aromatic rings. The highest BCUT2D eigenvalue weighted by molar-refractivity contribution is 5.89. The monoisotopic (exact) mass is 315 g/mol. The second kappa shape index (κ2) is 7.19. The molecule has 1 aliphatic heterocycles. The lowest BCUT2D eigenvalue weighted by molar-refractivity contribution is 0.0490. The number of aromatic nitrogens is 1. The fraction of sp³-hybridized carbons (Fsp3) is 0.294. The molecule has 2 heterocycles. The molecule has 23 heavy (non-hydrogen) atoms. The van der Waals surface area contributed by atoms with Gasteiger partial charge in [0.05, 0.1) is 12.7 Å². The van der Waals surface area contributed by atoms with Crippen molar-refractivity contribution < 1.29 is 13.9 Å². The van der Waals surface area contributed by atoms with Gasteiger partial charge >= 0.3 is 6.03 Å². The van der Waals surface area contributed by atoms with Gasteiger partial charge in [-0.15, -0.1) is 0 Å². The van der Waals surface area contributed by atoms with Crippen LogP contribution in [0.2, 0.25) is 0 Å². The second-order valence-corrected chi connectivity index (χ2v) is 5.46. The van der Waals surface area contributed by atoms with Gasteiger partial charge in [-0.3, -0.25) is 4.98 Å². The first-order valence-corrected chi connectivity index (χ1v) is 7.53. The first-order valence-electron chi connectivity index (χ1n) is 7.53. The van der Waals surface area contributed by atoms with Crippen molar-refractivity contribution in [3.05, 3.63) is 60.2 Å². The molecule has 1 aromatic heterocycles. The summed E-state index contributed by atoms with van der Waals surface area (Å²) in [6, 6.07) is 9.36. The number of carbonyl (C=O) groups excluding carboxylic acids is 1. The molecule has 1 fully saturated rings. The third kappa shape index (κ3) is 4.26. The molecule has 0 spiro atoms. The Morgan fingerprint density at radius 2 is 2.00 bits per heavy atom. The van der Waals surface area contributed by atoms with Crippen LogP contribution in [0.5, 0.6) is 0 Å². The van der Waals surface area contributed by atoms with E-state index in [1.165, 1.54) is 12.1 Å². The quantitative estimate of drug-likeness (QED) is 0.943. The molecular weight excluding hydrogens is 297 g/mol. The largest absolute Gasteiger partial charge is 0.372 e. The number of carbonyl (C=O) groups is 1. The molecule has 5 nitrogen and oxygen atoms in total. The van der Waals surface area contributed by atoms with Crippen LogP contribution >= 0.6 is 0 Å². The fourth-order valence-corrected chi connectivity index (χ4v) is 2.48. The number of pyridine rings is 1. The number of halogens is 1. The van der Waals surface area contributed by atoms with Gasteiger partial charge in [0, 0.05) is 31.2 Å². The lowest BCUT2D eigenvalue weighted by Crippen LogP contribution is -2.34. The first-order chi connectivity index (χ1) is 11.2. The molecule has 1 aliphatic rings. The van der Waals surface area contributed by atoms with Crippen LogP contribution in [-0.4, -0.2) is 35.1 Å². The van der Waals surface area contributed by atoms with Gasteiger partial charge in [0.25, 0.3) is 0 Å². The van der Waals surface area contributed by atoms with Crippen LogP contribution in [0.1, 0.15) is 12.0 Å². The summed E-state index contributed by atoms with van der Waals surface area (Å²) in [4.78, 5) is 17.9. The number of rotatable bonds is 4. The summed E-state index contributed by atoms with van der Waals surface area (Å²) < 4.78 is 18.7. The van der Waals surface area contributed by atoms with Gasteiger partial charge in [-0.1, -0.05) is 0 Å². The highest BCUT2D eigenvalue weighted by Gasteiger charge is 2.26. The van der Waals surface area contributed by atoms with Gasteiger partial charge in [0.2, 0.25) is 0 Å². The third-order valence-corrected chi connectivity index (χ3v) is 3.76. The maximum Gasteiger partial charge on any atom is 0.321 e. The standard InChI is InChI=1S/C17H18FN3O2/c18-14-1-3-15(4-2-14)20-17(22)21-10-7-16(11-21)23-12-13-5-8-19-9-6-13/h1-6,8-9,16H,7,10-12H2,(H,20,22). The maximum absolute atomic E-state index is 12.9. The van der Waals surface area contributed by atoms with E-state index in [-0.39, 0.29) is 18.0 Å². The molecule has 0 aliphatic carbocycles. The summed E-state index contributed by atoms with van der Waals surface area (Å²) in [5.41, 5.74) is 1.65. The average molecular weight is 315 g/mol. The third-order valence-electron chi connectivity index (χ3n) is 3.76. The second-order valence-electron chi connectivity index (χ2n) is 5.46. The predicted octanol–water partition coefficient (Wildman–Crippen LogP) is 3.04. The highest BCUT2D eigenvalue weighted by atomic mass is 19.1. The Balaban J connectivity index is 1.47. The van der Waals surface area contributed by atoms with E-state index in [1.807, 2.05) is 12.1 Å². The number of likely N-dealkylation sites (tertiary alicyclic amines) is 1. The highest BCUT2D eigenvalue weighted by Crippen LogP contribution is 2.16. The zero-order valence-corrected chi connectivity index (χ0v) is 12.6. The number of anilines is 1. The van der Waals surface area contributed by atoms with Crippen LogP contribution in [0.3, 0.4) is 0 Å². The molecule has 2 amide bonds. The molecule has 1 atom stereocenters. The number of ether oxygens (including phenoxy) is 1. The molecule has 3 rings (SSSR count). The first kappa shape index (κ1) is 15.4. The molecule has 1 N–H and O–H groups in total. The summed E-state index contributed by atoms with van der Waals surface area (Å²) in [5.74, 6) is -0.325. The number of nitrogens with one attached hydrogen (secondary N) is 1. The molecule has 6 heteroatoms. The van der Waals surface area contributed by atoms with Crippen LogP contribution in [0.15, 0.2) is 48.8 Å². The van der Waals surface area contributed by atoms with Gasteiger partial charge in [-0.05, 0) is 48.4 Å². The molecular formula is C17H18FN3O2. The Hall–Kier alpha value is -2.47. The van der Waals surface area contributed by atoms with Crippen molar-refractivity contribution in [2.75, 3.05) is 18.4 Å². The van der Waals surface area contributed by atoms with Gasteiger partial charge < -0.3 is 15.0 Å². The van der Waals surface area contributed by atoms with Gasteiger partial charge in [-0.25, -0.2) is 9.18 Å². The van der Waals surface area contributed by atoms with E-state index in [0.29, 0.717) is 25.4 Å². The maximum atomic E-state index is 12.9. The fourth-order valence-electron chi connectivity index (χ4n) is 2.48. The van der Waals surface area contributed by atoms with E-state index in [2.05, 4.69) is 10.3 Å². The molecule has 120 valence electrons. The van der Waals surface area contributed by atoms with Crippen molar-refractivity contribution in [1.29, 1.82) is 0 Å². The summed E-state index contributed by atoms with van der Waals surface area (Å²) in [7, 11) is 0. The van der Waals surface area contributed by atoms with Crippen molar-refractivity contribution in [3.63, 3.8) is 0 Å². The molecule has 0 bridgehead atoms. The summed E-state index contributed by atoms with van der Waals surface area (Å²) in [6.07, 6.45) is 4.30. The molecule has 0 radical (unpaired) electrons. The van der Waals surface area contributed by atoms with Crippen LogP contribution in [0, 0.1) is 5.82 Å². The number of amides is 2. The van der Waals surface area contributed by atoms with Crippen LogP contribution in [0.4, 0.5) is 14.9 Å². The smallest absolute Gasteiger partial charge is 0.321 e. The minimum absolute atomic E-state index is 0.0298. The van der Waals surface area contributed by atoms with Gasteiger partial charge in [0.1, 0.15) is 5.82 Å². The Morgan fingerprint density at radius 3 is 2.74 bits per heavy atom. The Kier molecular flexibility index (Phi) is 4.83. The van der Waals surface area contributed by atoms with Gasteiger partial charge in [0.15, 0.2) is 0 Å². The molecule has 0 saturated carbocycles. The van der Waals surface area contributed by atoms with Crippen molar-refractivity contribution in [2.45, 2.75) is 19.1 Å². The molecule has 1 aromatic carbocycles. The molecule has 1 saturated heterocycles. The minimum atomic E-state index is -0.325. The van der Waals surface area contributed by atoms with Gasteiger partial charge in [-0.2, -0.15) is 0 Å². The SMILES string of the molecule is O=C(Nc1ccc(F)cc1)N1CCC(OCc2ccncc2)C1. The van der Waals surface area contributed by atoms with E-state index in [1.54, 1.807) is 29.4 Å². The van der Waals surface area contributed by atoms with Crippen LogP contribution < -0.4 is 5.32 Å². The summed E-state index contributed by atoms with van der Waals surface area (Å²) >= 11 is 0. The Morgan fingerprint density at radius 1 is 1.26 bits per heavy atom. The number of hydrogen-bond acceptors (Lipinski definition) is 3. The van der Waals surface area contributed by atoms with Crippen LogP contribution in [-0.2, 0) is 11.3 Å². The van der Waals surface area contributed by atoms with E-state index in [0.717, 1.165) is 12.0 Å². The van der Waals surface area contributed by atoms with E-state index in [4.69, 9.17) is 4.74 Å². The van der Waals surface area contributed by atoms with Crippen molar-refractivity contribution in [3.8, 4) is 0 Å². The van der Waals surface area contributed by atoms with Crippen molar-refractivity contribution in [1.82, 2.24) is 9.88 Å². The molecule has 1 unspecified atom stereocenters. The van der Waals surface area contributed by atoms with Crippen LogP contribution in [0.25, 0.3) is 0 Å². The summed E-state index contributed by atoms with van der Waals surface area (Å²) in [5, 5.41) is 2.76. The Bertz CT molecular complexity index is 649. The zero-order valence-electron chi connectivity index (χ0n) is 12.6. The Labute approximate surface area is 134 Å². The average Bonchev–Trinajstić information content (AvgIpc) is 3.05.